The summed E-state index contributed by atoms with van der Waals surface area (Å²) in [6, 6.07) is 14.7. The van der Waals surface area contributed by atoms with E-state index in [2.05, 4.69) is 19.2 Å². The molecular formula is C23H27ClN2O3. The maximum atomic E-state index is 12.5. The average Bonchev–Trinajstić information content (AvgIpc) is 2.71. The van der Waals surface area contributed by atoms with Crippen molar-refractivity contribution in [3.63, 3.8) is 0 Å². The Bertz CT molecular complexity index is 843. The summed E-state index contributed by atoms with van der Waals surface area (Å²) < 4.78 is 5.66. The van der Waals surface area contributed by atoms with Crippen molar-refractivity contribution in [2.75, 3.05) is 6.61 Å². The number of halogens is 1. The molecule has 29 heavy (non-hydrogen) atoms. The summed E-state index contributed by atoms with van der Waals surface area (Å²) in [7, 11) is 0. The summed E-state index contributed by atoms with van der Waals surface area (Å²) in [6.07, 6.45) is 3.23. The van der Waals surface area contributed by atoms with Crippen molar-refractivity contribution in [2.24, 2.45) is 0 Å². The number of carbonyl (C=O) groups is 2. The molecule has 3 rings (SSSR count). The number of nitrogens with one attached hydrogen (secondary N) is 1. The predicted octanol–water partition coefficient (Wildman–Crippen LogP) is 4.44. The smallest absolute Gasteiger partial charge is 0.260 e. The summed E-state index contributed by atoms with van der Waals surface area (Å²) in [5.41, 5.74) is 1.47. The quantitative estimate of drug-likeness (QED) is 0.760. The molecule has 154 valence electrons. The third kappa shape index (κ3) is 5.73. The van der Waals surface area contributed by atoms with Gasteiger partial charge < -0.3 is 15.0 Å². The van der Waals surface area contributed by atoms with Gasteiger partial charge in [0, 0.05) is 29.2 Å². The molecule has 2 atom stereocenters. The van der Waals surface area contributed by atoms with Gasteiger partial charge in [-0.2, -0.15) is 0 Å². The van der Waals surface area contributed by atoms with Gasteiger partial charge >= 0.3 is 0 Å². The van der Waals surface area contributed by atoms with E-state index in [1.165, 1.54) is 0 Å². The van der Waals surface area contributed by atoms with E-state index in [0.29, 0.717) is 22.9 Å². The van der Waals surface area contributed by atoms with Crippen LogP contribution >= 0.6 is 11.6 Å². The fourth-order valence-corrected chi connectivity index (χ4v) is 3.98. The molecule has 0 radical (unpaired) electrons. The molecule has 0 bridgehead atoms. The Morgan fingerprint density at radius 2 is 1.79 bits per heavy atom. The molecule has 1 saturated heterocycles. The van der Waals surface area contributed by atoms with Crippen LogP contribution in [0.25, 0.3) is 0 Å². The van der Waals surface area contributed by atoms with Crippen LogP contribution in [0, 0.1) is 0 Å². The molecule has 2 aromatic carbocycles. The Balaban J connectivity index is 1.50. The SMILES string of the molecule is CC1CCCC(C)N1C(=O)COc1ccc(C(=O)NCc2cccc(Cl)c2)cc1. The molecule has 1 fully saturated rings. The first-order valence-electron chi connectivity index (χ1n) is 10.0. The lowest BCUT2D eigenvalue weighted by atomic mass is 9.97. The number of benzene rings is 2. The van der Waals surface area contributed by atoms with Crippen LogP contribution in [0.3, 0.4) is 0 Å². The van der Waals surface area contributed by atoms with Crippen LogP contribution in [0.2, 0.25) is 5.02 Å². The first-order chi connectivity index (χ1) is 13.9. The van der Waals surface area contributed by atoms with E-state index >= 15 is 0 Å². The van der Waals surface area contributed by atoms with Gasteiger partial charge in [0.1, 0.15) is 5.75 Å². The molecule has 1 N–H and O–H groups in total. The number of hydrogen-bond donors (Lipinski definition) is 1. The molecular weight excluding hydrogens is 388 g/mol. The normalized spacial score (nSPS) is 18.9. The first-order valence-corrected chi connectivity index (χ1v) is 10.4. The van der Waals surface area contributed by atoms with Crippen molar-refractivity contribution in [2.45, 2.75) is 51.7 Å². The Hall–Kier alpha value is -2.53. The Morgan fingerprint density at radius 3 is 2.45 bits per heavy atom. The highest BCUT2D eigenvalue weighted by Gasteiger charge is 2.28. The van der Waals surface area contributed by atoms with E-state index in [4.69, 9.17) is 16.3 Å². The molecule has 1 aliphatic heterocycles. The molecule has 5 nitrogen and oxygen atoms in total. The summed E-state index contributed by atoms with van der Waals surface area (Å²) in [4.78, 5) is 26.8. The predicted molar refractivity (Wildman–Crippen MR) is 114 cm³/mol. The number of likely N-dealkylation sites (tertiary alicyclic amines) is 1. The second-order valence-corrected chi connectivity index (χ2v) is 7.99. The van der Waals surface area contributed by atoms with Crippen molar-refractivity contribution in [1.29, 1.82) is 0 Å². The van der Waals surface area contributed by atoms with Gasteiger partial charge in [-0.05, 0) is 75.1 Å². The van der Waals surface area contributed by atoms with Gasteiger partial charge in [0.05, 0.1) is 0 Å². The third-order valence-corrected chi connectivity index (χ3v) is 5.54. The monoisotopic (exact) mass is 414 g/mol. The zero-order chi connectivity index (χ0) is 20.8. The Kier molecular flexibility index (Phi) is 7.15. The number of hydrogen-bond acceptors (Lipinski definition) is 3. The zero-order valence-electron chi connectivity index (χ0n) is 16.9. The summed E-state index contributed by atoms with van der Waals surface area (Å²) >= 11 is 5.96. The Morgan fingerprint density at radius 1 is 1.10 bits per heavy atom. The van der Waals surface area contributed by atoms with Crippen molar-refractivity contribution in [1.82, 2.24) is 10.2 Å². The Labute approximate surface area is 177 Å². The highest BCUT2D eigenvalue weighted by atomic mass is 35.5. The highest BCUT2D eigenvalue weighted by molar-refractivity contribution is 6.30. The average molecular weight is 415 g/mol. The van der Waals surface area contributed by atoms with Crippen LogP contribution in [-0.2, 0) is 11.3 Å². The van der Waals surface area contributed by atoms with E-state index in [9.17, 15) is 9.59 Å². The number of amides is 2. The van der Waals surface area contributed by atoms with Crippen LogP contribution in [0.5, 0.6) is 5.75 Å². The van der Waals surface area contributed by atoms with Crippen LogP contribution in [0.15, 0.2) is 48.5 Å². The zero-order valence-corrected chi connectivity index (χ0v) is 17.6. The molecule has 0 aromatic heterocycles. The highest BCUT2D eigenvalue weighted by Crippen LogP contribution is 2.23. The minimum Gasteiger partial charge on any atom is -0.484 e. The lowest BCUT2D eigenvalue weighted by Gasteiger charge is -2.38. The van der Waals surface area contributed by atoms with E-state index in [0.717, 1.165) is 24.8 Å². The van der Waals surface area contributed by atoms with Gasteiger partial charge in [-0.1, -0.05) is 23.7 Å². The van der Waals surface area contributed by atoms with Crippen LogP contribution in [0.1, 0.15) is 49.0 Å². The molecule has 1 heterocycles. The van der Waals surface area contributed by atoms with E-state index in [-0.39, 0.29) is 30.5 Å². The van der Waals surface area contributed by atoms with Gasteiger partial charge in [-0.25, -0.2) is 0 Å². The molecule has 6 heteroatoms. The number of rotatable bonds is 6. The molecule has 0 aliphatic carbocycles. The maximum Gasteiger partial charge on any atom is 0.260 e. The molecule has 1 aliphatic rings. The lowest BCUT2D eigenvalue weighted by molar-refractivity contribution is -0.139. The summed E-state index contributed by atoms with van der Waals surface area (Å²) in [6.45, 7) is 4.59. The summed E-state index contributed by atoms with van der Waals surface area (Å²) in [5, 5.41) is 3.51. The second kappa shape index (κ2) is 9.79. The number of piperidine rings is 1. The van der Waals surface area contributed by atoms with Gasteiger partial charge in [0.25, 0.3) is 11.8 Å². The first kappa shape index (κ1) is 21.2. The third-order valence-electron chi connectivity index (χ3n) is 5.30. The largest absolute Gasteiger partial charge is 0.484 e. The number of ether oxygens (including phenoxy) is 1. The standard InChI is InChI=1S/C23H27ClN2O3/c1-16-5-3-6-17(2)26(16)22(27)15-29-21-11-9-19(10-12-21)23(28)25-14-18-7-4-8-20(24)13-18/h4,7-13,16-17H,3,5-6,14-15H2,1-2H3,(H,25,28). The maximum absolute atomic E-state index is 12.5. The van der Waals surface area contributed by atoms with Crippen molar-refractivity contribution in [3.05, 3.63) is 64.7 Å². The molecule has 2 amide bonds. The van der Waals surface area contributed by atoms with Crippen LogP contribution in [-0.4, -0.2) is 35.4 Å². The van der Waals surface area contributed by atoms with E-state index in [1.54, 1.807) is 30.3 Å². The van der Waals surface area contributed by atoms with Gasteiger partial charge in [0.15, 0.2) is 6.61 Å². The molecule has 0 spiro atoms. The van der Waals surface area contributed by atoms with E-state index in [1.807, 2.05) is 23.1 Å². The minimum atomic E-state index is -0.177. The topological polar surface area (TPSA) is 58.6 Å². The van der Waals surface area contributed by atoms with E-state index < -0.39 is 0 Å². The van der Waals surface area contributed by atoms with Crippen LogP contribution in [0.4, 0.5) is 0 Å². The minimum absolute atomic E-state index is 0.00745. The fraction of sp³-hybridized carbons (Fsp3) is 0.391. The van der Waals surface area contributed by atoms with Crippen molar-refractivity contribution in [3.8, 4) is 5.75 Å². The fourth-order valence-electron chi connectivity index (χ4n) is 3.77. The van der Waals surface area contributed by atoms with Gasteiger partial charge in [0.2, 0.25) is 0 Å². The molecule has 2 aromatic rings. The van der Waals surface area contributed by atoms with Crippen molar-refractivity contribution < 1.29 is 14.3 Å². The molecule has 0 saturated carbocycles. The lowest BCUT2D eigenvalue weighted by Crippen LogP contribution is -2.49. The summed E-state index contributed by atoms with van der Waals surface area (Å²) in [5.74, 6) is 0.402. The second-order valence-electron chi connectivity index (χ2n) is 7.56. The van der Waals surface area contributed by atoms with Gasteiger partial charge in [-0.15, -0.1) is 0 Å². The van der Waals surface area contributed by atoms with Gasteiger partial charge in [-0.3, -0.25) is 9.59 Å². The number of carbonyl (C=O) groups excluding carboxylic acids is 2. The van der Waals surface area contributed by atoms with Crippen LogP contribution < -0.4 is 10.1 Å². The number of nitrogens with zero attached hydrogens (tertiary/aromatic N) is 1. The van der Waals surface area contributed by atoms with Crippen molar-refractivity contribution >= 4 is 23.4 Å². The molecule has 2 unspecified atom stereocenters.